The summed E-state index contributed by atoms with van der Waals surface area (Å²) >= 11 is 0. The quantitative estimate of drug-likeness (QED) is 0.804. The summed E-state index contributed by atoms with van der Waals surface area (Å²) in [7, 11) is 0. The van der Waals surface area contributed by atoms with Crippen LogP contribution in [0, 0.1) is 11.8 Å². The first kappa shape index (κ1) is 14.5. The van der Waals surface area contributed by atoms with Crippen LogP contribution in [0.25, 0.3) is 0 Å². The first-order valence-electron chi connectivity index (χ1n) is 6.94. The van der Waals surface area contributed by atoms with E-state index in [0.29, 0.717) is 12.0 Å². The topological polar surface area (TPSA) is 40.5 Å². The van der Waals surface area contributed by atoms with Crippen LogP contribution in [0.2, 0.25) is 0 Å². The molecule has 3 nitrogen and oxygen atoms in total. The van der Waals surface area contributed by atoms with Crippen LogP contribution in [0.3, 0.4) is 0 Å². The number of aliphatic carboxylic acids is 1. The number of hydrogen-bond donors (Lipinski definition) is 1. The van der Waals surface area contributed by atoms with E-state index in [1.54, 1.807) is 0 Å². The molecule has 1 aliphatic rings. The van der Waals surface area contributed by atoms with Gasteiger partial charge in [0.1, 0.15) is 0 Å². The molecule has 1 saturated carbocycles. The van der Waals surface area contributed by atoms with Gasteiger partial charge in [0.05, 0.1) is 6.42 Å². The molecule has 0 bridgehead atoms. The normalized spacial score (nSPS) is 31.5. The number of rotatable bonds is 5. The van der Waals surface area contributed by atoms with Crippen LogP contribution in [0.5, 0.6) is 0 Å². The van der Waals surface area contributed by atoms with E-state index in [1.807, 2.05) is 6.92 Å². The fourth-order valence-electron chi connectivity index (χ4n) is 3.26. The predicted molar refractivity (Wildman–Crippen MR) is 70.1 cm³/mol. The smallest absolute Gasteiger partial charge is 0.304 e. The maximum absolute atomic E-state index is 10.8. The Morgan fingerprint density at radius 1 is 1.41 bits per heavy atom. The summed E-state index contributed by atoms with van der Waals surface area (Å²) in [6, 6.07) is 0.716. The molecule has 1 fully saturated rings. The Labute approximate surface area is 105 Å². The molecule has 0 aromatic rings. The van der Waals surface area contributed by atoms with Crippen molar-refractivity contribution < 1.29 is 9.90 Å². The summed E-state index contributed by atoms with van der Waals surface area (Å²) in [5, 5.41) is 8.92. The van der Waals surface area contributed by atoms with E-state index in [4.69, 9.17) is 5.11 Å². The zero-order valence-corrected chi connectivity index (χ0v) is 11.6. The fourth-order valence-corrected chi connectivity index (χ4v) is 3.26. The third-order valence-corrected chi connectivity index (χ3v) is 4.49. The molecule has 0 saturated heterocycles. The molecule has 0 radical (unpaired) electrons. The lowest BCUT2D eigenvalue weighted by Gasteiger charge is -2.43. The van der Waals surface area contributed by atoms with Gasteiger partial charge in [-0.05, 0) is 31.7 Å². The second-order valence-corrected chi connectivity index (χ2v) is 5.61. The molecule has 17 heavy (non-hydrogen) atoms. The van der Waals surface area contributed by atoms with Crippen molar-refractivity contribution >= 4 is 5.97 Å². The average Bonchev–Trinajstić information content (AvgIpc) is 2.24. The second kappa shape index (κ2) is 6.39. The van der Waals surface area contributed by atoms with Crippen molar-refractivity contribution in [2.75, 3.05) is 6.54 Å². The molecule has 0 aliphatic heterocycles. The minimum absolute atomic E-state index is 0.148. The fraction of sp³-hybridized carbons (Fsp3) is 0.929. The van der Waals surface area contributed by atoms with Crippen LogP contribution < -0.4 is 0 Å². The van der Waals surface area contributed by atoms with Gasteiger partial charge in [-0.15, -0.1) is 0 Å². The van der Waals surface area contributed by atoms with Crippen molar-refractivity contribution in [3.05, 3.63) is 0 Å². The lowest BCUT2D eigenvalue weighted by Crippen LogP contribution is -2.48. The van der Waals surface area contributed by atoms with Crippen LogP contribution in [-0.4, -0.2) is 34.6 Å². The van der Waals surface area contributed by atoms with Gasteiger partial charge in [0.2, 0.25) is 0 Å². The largest absolute Gasteiger partial charge is 0.481 e. The monoisotopic (exact) mass is 241 g/mol. The molecule has 0 aromatic heterocycles. The minimum Gasteiger partial charge on any atom is -0.481 e. The lowest BCUT2D eigenvalue weighted by atomic mass is 9.77. The molecule has 1 N–H and O–H groups in total. The highest BCUT2D eigenvalue weighted by atomic mass is 16.4. The van der Waals surface area contributed by atoms with Crippen LogP contribution in [0.15, 0.2) is 0 Å². The SMILES string of the molecule is CCN(C(C)CC(=O)O)C1CCCC(C)C1C. The van der Waals surface area contributed by atoms with Crippen molar-refractivity contribution in [2.24, 2.45) is 11.8 Å². The van der Waals surface area contributed by atoms with Crippen molar-refractivity contribution in [3.63, 3.8) is 0 Å². The van der Waals surface area contributed by atoms with E-state index in [9.17, 15) is 4.79 Å². The van der Waals surface area contributed by atoms with Crippen LogP contribution in [0.4, 0.5) is 0 Å². The molecular formula is C14H27NO2. The zero-order valence-electron chi connectivity index (χ0n) is 11.6. The molecule has 4 unspecified atom stereocenters. The first-order chi connectivity index (χ1) is 7.97. The maximum atomic E-state index is 10.8. The minimum atomic E-state index is -0.688. The standard InChI is InChI=1S/C14H27NO2/c1-5-15(11(3)9-14(16)17)13-8-6-7-10(2)12(13)4/h10-13H,5-9H2,1-4H3,(H,16,17). The number of carboxylic acid groups (broad SMARTS) is 1. The molecule has 100 valence electrons. The maximum Gasteiger partial charge on any atom is 0.304 e. The Kier molecular flexibility index (Phi) is 5.44. The van der Waals surface area contributed by atoms with Gasteiger partial charge in [0.15, 0.2) is 0 Å². The predicted octanol–water partition coefficient (Wildman–Crippen LogP) is 3.00. The summed E-state index contributed by atoms with van der Waals surface area (Å²) in [4.78, 5) is 13.2. The Morgan fingerprint density at radius 2 is 2.06 bits per heavy atom. The molecule has 4 atom stereocenters. The van der Waals surface area contributed by atoms with E-state index in [1.165, 1.54) is 19.3 Å². The molecule has 1 aliphatic carbocycles. The van der Waals surface area contributed by atoms with Crippen LogP contribution in [0.1, 0.15) is 53.4 Å². The Hall–Kier alpha value is -0.570. The highest BCUT2D eigenvalue weighted by molar-refractivity contribution is 5.67. The van der Waals surface area contributed by atoms with Gasteiger partial charge in [0.25, 0.3) is 0 Å². The lowest BCUT2D eigenvalue weighted by molar-refractivity contribution is -0.138. The molecular weight excluding hydrogens is 214 g/mol. The zero-order chi connectivity index (χ0) is 13.0. The van der Waals surface area contributed by atoms with Gasteiger partial charge in [-0.2, -0.15) is 0 Å². The molecule has 0 spiro atoms. The van der Waals surface area contributed by atoms with Crippen molar-refractivity contribution in [1.82, 2.24) is 4.90 Å². The molecule has 3 heteroatoms. The van der Waals surface area contributed by atoms with Crippen molar-refractivity contribution in [1.29, 1.82) is 0 Å². The van der Waals surface area contributed by atoms with E-state index >= 15 is 0 Å². The summed E-state index contributed by atoms with van der Waals surface area (Å²) < 4.78 is 0. The summed E-state index contributed by atoms with van der Waals surface area (Å²) in [6.07, 6.45) is 4.09. The summed E-state index contributed by atoms with van der Waals surface area (Å²) in [6.45, 7) is 9.79. The van der Waals surface area contributed by atoms with Crippen molar-refractivity contribution in [2.45, 2.75) is 65.5 Å². The first-order valence-corrected chi connectivity index (χ1v) is 6.94. The van der Waals surface area contributed by atoms with Gasteiger partial charge in [-0.1, -0.05) is 33.6 Å². The van der Waals surface area contributed by atoms with Gasteiger partial charge < -0.3 is 5.11 Å². The average molecular weight is 241 g/mol. The number of carbonyl (C=O) groups is 1. The molecule has 0 amide bonds. The number of nitrogens with zero attached hydrogens (tertiary/aromatic N) is 1. The third-order valence-electron chi connectivity index (χ3n) is 4.49. The van der Waals surface area contributed by atoms with Gasteiger partial charge in [-0.25, -0.2) is 0 Å². The Morgan fingerprint density at radius 3 is 2.59 bits per heavy atom. The highest BCUT2D eigenvalue weighted by Crippen LogP contribution is 2.33. The second-order valence-electron chi connectivity index (χ2n) is 5.61. The third kappa shape index (κ3) is 3.70. The summed E-state index contributed by atoms with van der Waals surface area (Å²) in [5.74, 6) is 0.757. The van der Waals surface area contributed by atoms with Gasteiger partial charge in [0, 0.05) is 12.1 Å². The van der Waals surface area contributed by atoms with E-state index < -0.39 is 5.97 Å². The van der Waals surface area contributed by atoms with Crippen LogP contribution in [-0.2, 0) is 4.79 Å². The number of hydrogen-bond acceptors (Lipinski definition) is 2. The number of carboxylic acids is 1. The molecule has 1 rings (SSSR count). The Bertz CT molecular complexity index is 255. The van der Waals surface area contributed by atoms with Crippen LogP contribution >= 0.6 is 0 Å². The molecule has 0 aromatic carbocycles. The van der Waals surface area contributed by atoms with Crippen molar-refractivity contribution in [3.8, 4) is 0 Å². The van der Waals surface area contributed by atoms with E-state index in [2.05, 4.69) is 25.7 Å². The highest BCUT2D eigenvalue weighted by Gasteiger charge is 2.33. The van der Waals surface area contributed by atoms with Gasteiger partial charge in [-0.3, -0.25) is 9.69 Å². The van der Waals surface area contributed by atoms with E-state index in [-0.39, 0.29) is 12.5 Å². The Balaban J connectivity index is 2.68. The van der Waals surface area contributed by atoms with Gasteiger partial charge >= 0.3 is 5.97 Å². The molecule has 0 heterocycles. The van der Waals surface area contributed by atoms with E-state index in [0.717, 1.165) is 12.5 Å². The summed E-state index contributed by atoms with van der Waals surface area (Å²) in [5.41, 5.74) is 0.